The molecule has 2 aromatic rings. The van der Waals surface area contributed by atoms with Gasteiger partial charge in [0.25, 0.3) is 5.91 Å². The van der Waals surface area contributed by atoms with Crippen LogP contribution in [0.25, 0.3) is 0 Å². The van der Waals surface area contributed by atoms with Crippen molar-refractivity contribution in [1.29, 1.82) is 0 Å². The second-order valence-corrected chi connectivity index (χ2v) is 6.80. The van der Waals surface area contributed by atoms with Crippen LogP contribution >= 0.6 is 15.9 Å². The second-order valence-electron chi connectivity index (χ2n) is 5.88. The first kappa shape index (κ1) is 19.7. The van der Waals surface area contributed by atoms with Gasteiger partial charge in [0.05, 0.1) is 12.3 Å². The number of carbonyl (C=O) groups excluding carboxylic acids is 2. The van der Waals surface area contributed by atoms with Crippen LogP contribution in [0.1, 0.15) is 22.8 Å². The predicted octanol–water partition coefficient (Wildman–Crippen LogP) is 3.08. The largest absolute Gasteiger partial charge is 0.481 e. The monoisotopic (exact) mass is 418 g/mol. The summed E-state index contributed by atoms with van der Waals surface area (Å²) in [7, 11) is 0. The number of hydrogen-bond acceptors (Lipinski definition) is 3. The topological polar surface area (TPSA) is 95.5 Å². The lowest BCUT2D eigenvalue weighted by Gasteiger charge is -2.10. The average molecular weight is 419 g/mol. The first-order chi connectivity index (χ1) is 12.3. The summed E-state index contributed by atoms with van der Waals surface area (Å²) in [6.45, 7) is 1.55. The molecule has 7 heteroatoms. The summed E-state index contributed by atoms with van der Waals surface area (Å²) in [5.41, 5.74) is 1.73. The molecule has 6 nitrogen and oxygen atoms in total. The Kier molecular flexibility index (Phi) is 6.91. The van der Waals surface area contributed by atoms with Crippen LogP contribution in [0, 0.1) is 5.92 Å². The van der Waals surface area contributed by atoms with Gasteiger partial charge in [-0.05, 0) is 35.9 Å². The quantitative estimate of drug-likeness (QED) is 0.643. The van der Waals surface area contributed by atoms with E-state index in [2.05, 4.69) is 26.6 Å². The molecule has 136 valence electrons. The van der Waals surface area contributed by atoms with Gasteiger partial charge in [0.1, 0.15) is 0 Å². The molecule has 1 atom stereocenters. The number of rotatable bonds is 7. The van der Waals surface area contributed by atoms with Crippen molar-refractivity contribution in [3.05, 3.63) is 64.1 Å². The zero-order chi connectivity index (χ0) is 19.1. The number of aliphatic carboxylic acids is 1. The van der Waals surface area contributed by atoms with Crippen molar-refractivity contribution in [2.75, 3.05) is 11.9 Å². The fourth-order valence-electron chi connectivity index (χ4n) is 2.17. The van der Waals surface area contributed by atoms with E-state index in [1.54, 1.807) is 24.3 Å². The molecule has 0 aliphatic rings. The molecule has 1 unspecified atom stereocenters. The smallest absolute Gasteiger partial charge is 0.308 e. The number of benzene rings is 2. The minimum Gasteiger partial charge on any atom is -0.481 e. The van der Waals surface area contributed by atoms with Crippen LogP contribution in [0.3, 0.4) is 0 Å². The summed E-state index contributed by atoms with van der Waals surface area (Å²) in [6, 6.07) is 14.0. The van der Waals surface area contributed by atoms with Gasteiger partial charge in [0, 0.05) is 22.3 Å². The number of hydrogen-bond donors (Lipinski definition) is 3. The van der Waals surface area contributed by atoms with E-state index in [-0.39, 0.29) is 24.8 Å². The summed E-state index contributed by atoms with van der Waals surface area (Å²) >= 11 is 3.35. The summed E-state index contributed by atoms with van der Waals surface area (Å²) in [4.78, 5) is 35.1. The van der Waals surface area contributed by atoms with Crippen LogP contribution in [0.5, 0.6) is 0 Å². The molecule has 0 bridgehead atoms. The van der Waals surface area contributed by atoms with Crippen LogP contribution in [-0.2, 0) is 16.0 Å². The van der Waals surface area contributed by atoms with Gasteiger partial charge in [-0.3, -0.25) is 14.4 Å². The Balaban J connectivity index is 1.95. The van der Waals surface area contributed by atoms with Crippen molar-refractivity contribution >= 4 is 39.4 Å². The highest BCUT2D eigenvalue weighted by atomic mass is 79.9. The first-order valence-corrected chi connectivity index (χ1v) is 8.80. The van der Waals surface area contributed by atoms with E-state index in [4.69, 9.17) is 5.11 Å². The molecule has 0 aromatic heterocycles. The maximum Gasteiger partial charge on any atom is 0.308 e. The molecule has 0 saturated heterocycles. The molecule has 3 N–H and O–H groups in total. The van der Waals surface area contributed by atoms with E-state index in [0.717, 1.165) is 10.0 Å². The number of amides is 2. The number of carboxylic acids is 1. The van der Waals surface area contributed by atoms with E-state index in [1.165, 1.54) is 6.92 Å². The van der Waals surface area contributed by atoms with Gasteiger partial charge in [0.2, 0.25) is 5.91 Å². The van der Waals surface area contributed by atoms with Crippen LogP contribution in [0.2, 0.25) is 0 Å². The predicted molar refractivity (Wildman–Crippen MR) is 102 cm³/mol. The minimum atomic E-state index is -0.973. The van der Waals surface area contributed by atoms with Crippen LogP contribution in [0.4, 0.5) is 5.69 Å². The third kappa shape index (κ3) is 6.00. The Morgan fingerprint density at radius 1 is 1.12 bits per heavy atom. The Morgan fingerprint density at radius 2 is 1.81 bits per heavy atom. The molecule has 2 aromatic carbocycles. The van der Waals surface area contributed by atoms with Crippen LogP contribution in [-0.4, -0.2) is 29.4 Å². The standard InChI is InChI=1S/C19H19BrN2O4/c1-12(19(25)26)11-21-18(24)14-3-2-4-16(10-14)22-17(23)9-13-5-7-15(20)8-6-13/h2-8,10,12H,9,11H2,1H3,(H,21,24)(H,22,23)(H,25,26). The minimum absolute atomic E-state index is 0.0360. The van der Waals surface area contributed by atoms with Crippen molar-refractivity contribution < 1.29 is 19.5 Å². The molecule has 0 aliphatic heterocycles. The normalized spacial score (nSPS) is 11.5. The highest BCUT2D eigenvalue weighted by Gasteiger charge is 2.13. The van der Waals surface area contributed by atoms with Crippen molar-refractivity contribution in [2.45, 2.75) is 13.3 Å². The summed E-state index contributed by atoms with van der Waals surface area (Å²) in [5.74, 6) is -2.22. The maximum atomic E-state index is 12.1. The van der Waals surface area contributed by atoms with E-state index in [9.17, 15) is 14.4 Å². The van der Waals surface area contributed by atoms with Crippen LogP contribution < -0.4 is 10.6 Å². The Morgan fingerprint density at radius 3 is 2.46 bits per heavy atom. The molecular weight excluding hydrogens is 400 g/mol. The van der Waals surface area contributed by atoms with Crippen LogP contribution in [0.15, 0.2) is 53.0 Å². The third-order valence-electron chi connectivity index (χ3n) is 3.68. The maximum absolute atomic E-state index is 12.1. The van der Waals surface area contributed by atoms with Gasteiger partial charge < -0.3 is 15.7 Å². The van der Waals surface area contributed by atoms with Crippen molar-refractivity contribution in [2.24, 2.45) is 5.92 Å². The van der Waals surface area contributed by atoms with Gasteiger partial charge in [0.15, 0.2) is 0 Å². The van der Waals surface area contributed by atoms with Crippen molar-refractivity contribution in [1.82, 2.24) is 5.32 Å². The van der Waals surface area contributed by atoms with E-state index < -0.39 is 11.9 Å². The number of carbonyl (C=O) groups is 3. The average Bonchev–Trinajstić information content (AvgIpc) is 2.61. The van der Waals surface area contributed by atoms with Gasteiger partial charge in [-0.25, -0.2) is 0 Å². The molecule has 0 radical (unpaired) electrons. The van der Waals surface area contributed by atoms with Gasteiger partial charge in [-0.1, -0.05) is 41.1 Å². The van der Waals surface area contributed by atoms with E-state index >= 15 is 0 Å². The Hall–Kier alpha value is -2.67. The molecule has 0 heterocycles. The zero-order valence-corrected chi connectivity index (χ0v) is 15.7. The Bertz CT molecular complexity index is 805. The summed E-state index contributed by atoms with van der Waals surface area (Å²) < 4.78 is 0.942. The molecule has 26 heavy (non-hydrogen) atoms. The van der Waals surface area contributed by atoms with E-state index in [1.807, 2.05) is 24.3 Å². The van der Waals surface area contributed by atoms with Gasteiger partial charge >= 0.3 is 5.97 Å². The fraction of sp³-hybridized carbons (Fsp3) is 0.211. The Labute approximate surface area is 159 Å². The molecule has 2 rings (SSSR count). The lowest BCUT2D eigenvalue weighted by Crippen LogP contribution is -2.31. The van der Waals surface area contributed by atoms with Gasteiger partial charge in [-0.2, -0.15) is 0 Å². The number of anilines is 1. The van der Waals surface area contributed by atoms with Gasteiger partial charge in [-0.15, -0.1) is 0 Å². The lowest BCUT2D eigenvalue weighted by molar-refractivity contribution is -0.140. The molecule has 0 spiro atoms. The third-order valence-corrected chi connectivity index (χ3v) is 4.21. The summed E-state index contributed by atoms with van der Waals surface area (Å²) in [6.07, 6.45) is 0.222. The highest BCUT2D eigenvalue weighted by molar-refractivity contribution is 9.10. The van der Waals surface area contributed by atoms with Crippen molar-refractivity contribution in [3.63, 3.8) is 0 Å². The molecular formula is C19H19BrN2O4. The zero-order valence-electron chi connectivity index (χ0n) is 14.2. The summed E-state index contributed by atoms with van der Waals surface area (Å²) in [5, 5.41) is 14.2. The number of carboxylic acid groups (broad SMARTS) is 1. The van der Waals surface area contributed by atoms with Crippen molar-refractivity contribution in [3.8, 4) is 0 Å². The molecule has 2 amide bonds. The second kappa shape index (κ2) is 9.15. The fourth-order valence-corrected chi connectivity index (χ4v) is 2.43. The number of halogens is 1. The SMILES string of the molecule is CC(CNC(=O)c1cccc(NC(=O)Cc2ccc(Br)cc2)c1)C(=O)O. The molecule has 0 fully saturated rings. The highest BCUT2D eigenvalue weighted by Crippen LogP contribution is 2.14. The van der Waals surface area contributed by atoms with E-state index in [0.29, 0.717) is 11.3 Å². The molecule has 0 aliphatic carbocycles. The number of nitrogens with one attached hydrogen (secondary N) is 2. The lowest BCUT2D eigenvalue weighted by atomic mass is 10.1. The molecule has 0 saturated carbocycles. The first-order valence-electron chi connectivity index (χ1n) is 8.00.